The van der Waals surface area contributed by atoms with Crippen molar-refractivity contribution in [3.63, 3.8) is 0 Å². The topological polar surface area (TPSA) is 56.8 Å². The Labute approximate surface area is 168 Å². The highest BCUT2D eigenvalue weighted by molar-refractivity contribution is 5.91. The van der Waals surface area contributed by atoms with Gasteiger partial charge in [0.15, 0.2) is 6.61 Å². The molecule has 2 aromatic carbocycles. The highest BCUT2D eigenvalue weighted by Crippen LogP contribution is 2.20. The molecular formula is C23H31NO4. The minimum atomic E-state index is -0.216. The van der Waals surface area contributed by atoms with E-state index in [4.69, 9.17) is 14.2 Å². The fraction of sp³-hybridized carbons (Fsp3) is 0.435. The number of rotatable bonds is 12. The molecule has 5 nitrogen and oxygen atoms in total. The Kier molecular flexibility index (Phi) is 9.19. The molecule has 0 saturated heterocycles. The first-order chi connectivity index (χ1) is 13.6. The molecule has 28 heavy (non-hydrogen) atoms. The smallest absolute Gasteiger partial charge is 0.262 e. The zero-order valence-corrected chi connectivity index (χ0v) is 17.1. The highest BCUT2D eigenvalue weighted by Gasteiger charge is 2.08. The molecular weight excluding hydrogens is 354 g/mol. The van der Waals surface area contributed by atoms with E-state index in [9.17, 15) is 4.79 Å². The molecule has 1 unspecified atom stereocenters. The number of methoxy groups -OCH3 is 1. The van der Waals surface area contributed by atoms with Crippen LogP contribution in [0.5, 0.6) is 17.2 Å². The van der Waals surface area contributed by atoms with Gasteiger partial charge in [-0.05, 0) is 60.9 Å². The van der Waals surface area contributed by atoms with E-state index in [1.165, 1.54) is 19.3 Å². The summed E-state index contributed by atoms with van der Waals surface area (Å²) in [6.45, 7) is 5.10. The van der Waals surface area contributed by atoms with Crippen molar-refractivity contribution >= 4 is 11.6 Å². The predicted molar refractivity (Wildman–Crippen MR) is 112 cm³/mol. The van der Waals surface area contributed by atoms with Crippen molar-refractivity contribution in [3.8, 4) is 17.2 Å². The molecule has 0 aliphatic rings. The fourth-order valence-electron chi connectivity index (χ4n) is 2.76. The van der Waals surface area contributed by atoms with Crippen LogP contribution in [0.15, 0.2) is 48.5 Å². The molecule has 2 rings (SSSR count). The standard InChI is InChI=1S/C23H31NO4/c1-4-6-7-18(5-2)16-27-21-12-14-22(15-13-21)28-17-23(25)24-19-8-10-20(26-3)11-9-19/h8-15,18H,4-7,16-17H2,1-3H3,(H,24,25). The minimum Gasteiger partial charge on any atom is -0.497 e. The number of carbonyl (C=O) groups is 1. The summed E-state index contributed by atoms with van der Waals surface area (Å²) in [5.41, 5.74) is 0.701. The number of carbonyl (C=O) groups excluding carboxylic acids is 1. The van der Waals surface area contributed by atoms with E-state index in [1.54, 1.807) is 31.4 Å². The van der Waals surface area contributed by atoms with Crippen molar-refractivity contribution in [3.05, 3.63) is 48.5 Å². The SMILES string of the molecule is CCCCC(CC)COc1ccc(OCC(=O)Nc2ccc(OC)cc2)cc1. The maximum absolute atomic E-state index is 12.0. The number of amides is 1. The minimum absolute atomic E-state index is 0.0544. The van der Waals surface area contributed by atoms with Crippen LogP contribution in [0.4, 0.5) is 5.69 Å². The lowest BCUT2D eigenvalue weighted by molar-refractivity contribution is -0.118. The Morgan fingerprint density at radius 2 is 1.54 bits per heavy atom. The molecule has 0 aliphatic carbocycles. The molecule has 1 N–H and O–H groups in total. The summed E-state index contributed by atoms with van der Waals surface area (Å²) in [5.74, 6) is 2.58. The third-order valence-corrected chi connectivity index (χ3v) is 4.60. The lowest BCUT2D eigenvalue weighted by Crippen LogP contribution is -2.20. The van der Waals surface area contributed by atoms with Crippen molar-refractivity contribution in [2.45, 2.75) is 39.5 Å². The second kappa shape index (κ2) is 11.9. The molecule has 1 atom stereocenters. The van der Waals surface area contributed by atoms with Crippen molar-refractivity contribution < 1.29 is 19.0 Å². The molecule has 0 aromatic heterocycles. The third kappa shape index (κ3) is 7.51. The van der Waals surface area contributed by atoms with Crippen LogP contribution >= 0.6 is 0 Å². The van der Waals surface area contributed by atoms with E-state index in [0.717, 1.165) is 24.5 Å². The molecule has 0 spiro atoms. The van der Waals surface area contributed by atoms with Crippen LogP contribution in [-0.4, -0.2) is 26.2 Å². The van der Waals surface area contributed by atoms with Gasteiger partial charge in [-0.3, -0.25) is 4.79 Å². The summed E-state index contributed by atoms with van der Waals surface area (Å²) < 4.78 is 16.5. The largest absolute Gasteiger partial charge is 0.497 e. The average Bonchev–Trinajstić information content (AvgIpc) is 2.74. The van der Waals surface area contributed by atoms with Gasteiger partial charge in [-0.1, -0.05) is 33.1 Å². The van der Waals surface area contributed by atoms with Crippen LogP contribution in [0.2, 0.25) is 0 Å². The summed E-state index contributed by atoms with van der Waals surface area (Å²) in [6.07, 6.45) is 4.80. The molecule has 152 valence electrons. The first kappa shape index (κ1) is 21.6. The summed E-state index contributed by atoms with van der Waals surface area (Å²) in [7, 11) is 1.60. The maximum atomic E-state index is 12.0. The van der Waals surface area contributed by atoms with E-state index in [-0.39, 0.29) is 12.5 Å². The number of hydrogen-bond donors (Lipinski definition) is 1. The molecule has 2 aromatic rings. The summed E-state index contributed by atoms with van der Waals surface area (Å²) in [6, 6.07) is 14.6. The van der Waals surface area contributed by atoms with Gasteiger partial charge in [-0.2, -0.15) is 0 Å². The lowest BCUT2D eigenvalue weighted by atomic mass is 10.0. The predicted octanol–water partition coefficient (Wildman–Crippen LogP) is 5.31. The number of hydrogen-bond acceptors (Lipinski definition) is 4. The number of benzene rings is 2. The van der Waals surface area contributed by atoms with E-state index in [2.05, 4.69) is 19.2 Å². The number of ether oxygens (including phenoxy) is 3. The molecule has 0 heterocycles. The first-order valence-corrected chi connectivity index (χ1v) is 9.94. The van der Waals surface area contributed by atoms with Crippen molar-refractivity contribution in [1.29, 1.82) is 0 Å². The highest BCUT2D eigenvalue weighted by atomic mass is 16.5. The van der Waals surface area contributed by atoms with Gasteiger partial charge in [-0.15, -0.1) is 0 Å². The quantitative estimate of drug-likeness (QED) is 0.538. The van der Waals surface area contributed by atoms with Crippen LogP contribution < -0.4 is 19.5 Å². The normalized spacial score (nSPS) is 11.5. The maximum Gasteiger partial charge on any atom is 0.262 e. The van der Waals surface area contributed by atoms with Gasteiger partial charge in [0.05, 0.1) is 13.7 Å². The molecule has 5 heteroatoms. The van der Waals surface area contributed by atoms with Gasteiger partial charge in [0.25, 0.3) is 5.91 Å². The van der Waals surface area contributed by atoms with Gasteiger partial charge < -0.3 is 19.5 Å². The molecule has 0 fully saturated rings. The van der Waals surface area contributed by atoms with Gasteiger partial charge in [0.1, 0.15) is 17.2 Å². The summed E-state index contributed by atoms with van der Waals surface area (Å²) in [5, 5.41) is 2.79. The van der Waals surface area contributed by atoms with Crippen molar-refractivity contribution in [2.24, 2.45) is 5.92 Å². The van der Waals surface area contributed by atoms with Crippen molar-refractivity contribution in [2.75, 3.05) is 25.6 Å². The summed E-state index contributed by atoms with van der Waals surface area (Å²) >= 11 is 0. The van der Waals surface area contributed by atoms with Gasteiger partial charge in [0, 0.05) is 5.69 Å². The Hall–Kier alpha value is -2.69. The second-order valence-electron chi connectivity index (χ2n) is 6.76. The average molecular weight is 386 g/mol. The van der Waals surface area contributed by atoms with Crippen molar-refractivity contribution in [1.82, 2.24) is 0 Å². The zero-order valence-electron chi connectivity index (χ0n) is 17.1. The first-order valence-electron chi connectivity index (χ1n) is 9.94. The van der Waals surface area contributed by atoms with E-state index in [0.29, 0.717) is 17.4 Å². The van der Waals surface area contributed by atoms with E-state index >= 15 is 0 Å². The Morgan fingerprint density at radius 1 is 0.929 bits per heavy atom. The lowest BCUT2D eigenvalue weighted by Gasteiger charge is -2.15. The zero-order chi connectivity index (χ0) is 20.2. The van der Waals surface area contributed by atoms with Crippen LogP contribution in [0.1, 0.15) is 39.5 Å². The molecule has 0 radical (unpaired) electrons. The van der Waals surface area contributed by atoms with Crippen LogP contribution in [0.25, 0.3) is 0 Å². The van der Waals surface area contributed by atoms with E-state index in [1.807, 2.05) is 24.3 Å². The fourth-order valence-corrected chi connectivity index (χ4v) is 2.76. The Balaban J connectivity index is 1.74. The third-order valence-electron chi connectivity index (χ3n) is 4.60. The van der Waals surface area contributed by atoms with Crippen LogP contribution in [-0.2, 0) is 4.79 Å². The van der Waals surface area contributed by atoms with Crippen LogP contribution in [0.3, 0.4) is 0 Å². The molecule has 0 bridgehead atoms. The molecule has 0 saturated carbocycles. The molecule has 0 aliphatic heterocycles. The number of anilines is 1. The Morgan fingerprint density at radius 3 is 2.11 bits per heavy atom. The Bertz CT molecular complexity index is 698. The van der Waals surface area contributed by atoms with Gasteiger partial charge in [-0.25, -0.2) is 0 Å². The van der Waals surface area contributed by atoms with Crippen LogP contribution in [0, 0.1) is 5.92 Å². The van der Waals surface area contributed by atoms with Gasteiger partial charge in [0.2, 0.25) is 0 Å². The number of unbranched alkanes of at least 4 members (excludes halogenated alkanes) is 1. The van der Waals surface area contributed by atoms with Gasteiger partial charge >= 0.3 is 0 Å². The molecule has 1 amide bonds. The summed E-state index contributed by atoms with van der Waals surface area (Å²) in [4.78, 5) is 12.0. The van der Waals surface area contributed by atoms with E-state index < -0.39 is 0 Å². The number of nitrogens with one attached hydrogen (secondary N) is 1. The monoisotopic (exact) mass is 385 g/mol. The second-order valence-corrected chi connectivity index (χ2v) is 6.76.